The smallest absolute Gasteiger partial charge is 0.260 e. The van der Waals surface area contributed by atoms with Crippen molar-refractivity contribution in [2.75, 3.05) is 20.8 Å². The zero-order valence-electron chi connectivity index (χ0n) is 12.5. The first-order valence-corrected chi connectivity index (χ1v) is 6.83. The normalized spacial score (nSPS) is 10.1. The Morgan fingerprint density at radius 2 is 2.00 bits per heavy atom. The Kier molecular flexibility index (Phi) is 5.19. The van der Waals surface area contributed by atoms with Crippen LogP contribution >= 0.6 is 0 Å². The Labute approximate surface area is 128 Å². The van der Waals surface area contributed by atoms with E-state index in [1.54, 1.807) is 20.3 Å². The van der Waals surface area contributed by atoms with Gasteiger partial charge in [0.1, 0.15) is 5.56 Å². The molecule has 116 valence electrons. The van der Waals surface area contributed by atoms with E-state index in [1.807, 2.05) is 18.2 Å². The Hall–Kier alpha value is -2.76. The minimum absolute atomic E-state index is 0.0973. The van der Waals surface area contributed by atoms with Crippen LogP contribution in [0.2, 0.25) is 0 Å². The quantitative estimate of drug-likeness (QED) is 0.844. The number of pyridine rings is 1. The van der Waals surface area contributed by atoms with Crippen molar-refractivity contribution in [1.82, 2.24) is 10.3 Å². The van der Waals surface area contributed by atoms with Crippen LogP contribution in [0.3, 0.4) is 0 Å². The third kappa shape index (κ3) is 3.46. The molecule has 0 spiro atoms. The Balaban J connectivity index is 2.01. The fourth-order valence-corrected chi connectivity index (χ4v) is 2.16. The van der Waals surface area contributed by atoms with Gasteiger partial charge in [0.2, 0.25) is 0 Å². The first-order chi connectivity index (χ1) is 10.7. The maximum Gasteiger partial charge on any atom is 0.260 e. The molecule has 22 heavy (non-hydrogen) atoms. The minimum atomic E-state index is -0.404. The first kappa shape index (κ1) is 15.6. The zero-order chi connectivity index (χ0) is 15.9. The molecule has 0 bridgehead atoms. The molecule has 2 rings (SSSR count). The second-order valence-electron chi connectivity index (χ2n) is 4.57. The molecule has 0 atom stereocenters. The molecule has 1 amide bonds. The molecule has 0 aliphatic carbocycles. The van der Waals surface area contributed by atoms with E-state index in [2.05, 4.69) is 10.3 Å². The topological polar surface area (TPSA) is 80.4 Å². The number of rotatable bonds is 6. The number of H-pyrrole nitrogens is 1. The Morgan fingerprint density at radius 3 is 2.68 bits per heavy atom. The molecule has 1 aromatic carbocycles. The lowest BCUT2D eigenvalue weighted by molar-refractivity contribution is 0.0952. The van der Waals surface area contributed by atoms with Crippen molar-refractivity contribution in [3.63, 3.8) is 0 Å². The van der Waals surface area contributed by atoms with E-state index in [0.29, 0.717) is 24.5 Å². The van der Waals surface area contributed by atoms with Gasteiger partial charge in [-0.2, -0.15) is 0 Å². The van der Waals surface area contributed by atoms with Gasteiger partial charge in [0.15, 0.2) is 11.5 Å². The lowest BCUT2D eigenvalue weighted by Crippen LogP contribution is -2.30. The molecule has 2 aromatic rings. The van der Waals surface area contributed by atoms with Gasteiger partial charge in [-0.05, 0) is 30.2 Å². The first-order valence-electron chi connectivity index (χ1n) is 6.83. The molecule has 2 N–H and O–H groups in total. The number of carbonyl (C=O) groups excluding carboxylic acids is 1. The number of benzene rings is 1. The van der Waals surface area contributed by atoms with Crippen LogP contribution in [0.25, 0.3) is 0 Å². The van der Waals surface area contributed by atoms with Crippen LogP contribution in [0.4, 0.5) is 0 Å². The number of amides is 1. The molecular formula is C16H18N2O4. The van der Waals surface area contributed by atoms with Crippen molar-refractivity contribution in [3.8, 4) is 11.5 Å². The van der Waals surface area contributed by atoms with Crippen molar-refractivity contribution in [2.45, 2.75) is 6.42 Å². The highest BCUT2D eigenvalue weighted by Gasteiger charge is 2.11. The predicted molar refractivity (Wildman–Crippen MR) is 82.6 cm³/mol. The lowest BCUT2D eigenvalue weighted by atomic mass is 10.1. The summed E-state index contributed by atoms with van der Waals surface area (Å²) in [6.45, 7) is 0.386. The van der Waals surface area contributed by atoms with Crippen LogP contribution in [0.1, 0.15) is 15.9 Å². The van der Waals surface area contributed by atoms with Crippen molar-refractivity contribution >= 4 is 5.91 Å². The van der Waals surface area contributed by atoms with E-state index >= 15 is 0 Å². The van der Waals surface area contributed by atoms with Crippen molar-refractivity contribution in [1.29, 1.82) is 0 Å². The standard InChI is InChI=1S/C16H18N2O4/c1-21-13-7-3-5-11(14(13)22-2)8-10-18-16(20)12-6-4-9-17-15(12)19/h3-7,9H,8,10H2,1-2H3,(H,17,19)(H,18,20). The molecule has 6 heteroatoms. The van der Waals surface area contributed by atoms with Crippen molar-refractivity contribution in [3.05, 3.63) is 58.0 Å². The van der Waals surface area contributed by atoms with Gasteiger partial charge in [-0.1, -0.05) is 12.1 Å². The number of aromatic amines is 1. The molecule has 6 nitrogen and oxygen atoms in total. The summed E-state index contributed by atoms with van der Waals surface area (Å²) in [4.78, 5) is 25.9. The van der Waals surface area contributed by atoms with E-state index in [0.717, 1.165) is 5.56 Å². The molecule has 0 fully saturated rings. The number of nitrogens with one attached hydrogen (secondary N) is 2. The van der Waals surface area contributed by atoms with E-state index in [1.165, 1.54) is 12.3 Å². The highest BCUT2D eigenvalue weighted by atomic mass is 16.5. The molecule has 0 saturated carbocycles. The Morgan fingerprint density at radius 1 is 1.18 bits per heavy atom. The number of carbonyl (C=O) groups is 1. The summed E-state index contributed by atoms with van der Waals surface area (Å²) >= 11 is 0. The molecule has 1 heterocycles. The number of hydrogen-bond donors (Lipinski definition) is 2. The summed E-state index contributed by atoms with van der Waals surface area (Å²) in [5, 5.41) is 2.72. The molecular weight excluding hydrogens is 284 g/mol. The molecule has 0 radical (unpaired) electrons. The van der Waals surface area contributed by atoms with Gasteiger partial charge in [0.25, 0.3) is 11.5 Å². The van der Waals surface area contributed by atoms with Gasteiger partial charge in [0.05, 0.1) is 14.2 Å². The van der Waals surface area contributed by atoms with Crippen LogP contribution in [0.5, 0.6) is 11.5 Å². The summed E-state index contributed by atoms with van der Waals surface area (Å²) < 4.78 is 10.6. The van der Waals surface area contributed by atoms with Crippen LogP contribution in [-0.4, -0.2) is 31.7 Å². The van der Waals surface area contributed by atoms with E-state index < -0.39 is 11.5 Å². The SMILES string of the molecule is COc1cccc(CCNC(=O)c2ccc[nH]c2=O)c1OC. The van der Waals surface area contributed by atoms with Crippen molar-refractivity contribution < 1.29 is 14.3 Å². The summed E-state index contributed by atoms with van der Waals surface area (Å²) in [6.07, 6.45) is 2.05. The van der Waals surface area contributed by atoms with E-state index in [9.17, 15) is 9.59 Å². The van der Waals surface area contributed by atoms with Crippen LogP contribution in [-0.2, 0) is 6.42 Å². The van der Waals surface area contributed by atoms with Crippen LogP contribution in [0, 0.1) is 0 Å². The average Bonchev–Trinajstić information content (AvgIpc) is 2.54. The average molecular weight is 302 g/mol. The largest absolute Gasteiger partial charge is 0.493 e. The number of hydrogen-bond acceptors (Lipinski definition) is 4. The molecule has 0 unspecified atom stereocenters. The predicted octanol–water partition coefficient (Wildman–Crippen LogP) is 1.36. The van der Waals surface area contributed by atoms with Gasteiger partial charge in [-0.3, -0.25) is 9.59 Å². The van der Waals surface area contributed by atoms with E-state index in [-0.39, 0.29) is 5.56 Å². The maximum absolute atomic E-state index is 11.9. The summed E-state index contributed by atoms with van der Waals surface area (Å²) in [7, 11) is 3.15. The maximum atomic E-state index is 11.9. The summed E-state index contributed by atoms with van der Waals surface area (Å²) in [5.41, 5.74) is 0.614. The third-order valence-corrected chi connectivity index (χ3v) is 3.23. The van der Waals surface area contributed by atoms with Gasteiger partial charge in [0, 0.05) is 12.7 Å². The van der Waals surface area contributed by atoms with E-state index in [4.69, 9.17) is 9.47 Å². The fourth-order valence-electron chi connectivity index (χ4n) is 2.16. The summed E-state index contributed by atoms with van der Waals surface area (Å²) in [5.74, 6) is 0.895. The summed E-state index contributed by atoms with van der Waals surface area (Å²) in [6, 6.07) is 8.68. The van der Waals surface area contributed by atoms with Gasteiger partial charge in [-0.25, -0.2) is 0 Å². The second kappa shape index (κ2) is 7.31. The number of methoxy groups -OCH3 is 2. The number of ether oxygens (including phenoxy) is 2. The molecule has 0 saturated heterocycles. The van der Waals surface area contributed by atoms with Gasteiger partial charge >= 0.3 is 0 Å². The minimum Gasteiger partial charge on any atom is -0.493 e. The van der Waals surface area contributed by atoms with Crippen molar-refractivity contribution in [2.24, 2.45) is 0 Å². The highest BCUT2D eigenvalue weighted by Crippen LogP contribution is 2.30. The van der Waals surface area contributed by atoms with Gasteiger partial charge in [-0.15, -0.1) is 0 Å². The van der Waals surface area contributed by atoms with Crippen LogP contribution < -0.4 is 20.3 Å². The number of para-hydroxylation sites is 1. The zero-order valence-corrected chi connectivity index (χ0v) is 12.5. The monoisotopic (exact) mass is 302 g/mol. The molecule has 0 aliphatic rings. The van der Waals surface area contributed by atoms with Crippen LogP contribution in [0.15, 0.2) is 41.3 Å². The third-order valence-electron chi connectivity index (χ3n) is 3.23. The molecule has 1 aromatic heterocycles. The Bertz CT molecular complexity index is 709. The molecule has 0 aliphatic heterocycles. The highest BCUT2D eigenvalue weighted by molar-refractivity contribution is 5.93. The lowest BCUT2D eigenvalue weighted by Gasteiger charge is -2.12. The second-order valence-corrected chi connectivity index (χ2v) is 4.57. The van der Waals surface area contributed by atoms with Gasteiger partial charge < -0.3 is 19.8 Å². The fraction of sp³-hybridized carbons (Fsp3) is 0.250. The number of aromatic nitrogens is 1.